The van der Waals surface area contributed by atoms with E-state index >= 15 is 0 Å². The molecule has 0 atom stereocenters. The van der Waals surface area contributed by atoms with Gasteiger partial charge in [0.1, 0.15) is 11.9 Å². The van der Waals surface area contributed by atoms with Gasteiger partial charge in [-0.05, 0) is 53.6 Å². The molecule has 1 fully saturated rings. The van der Waals surface area contributed by atoms with Gasteiger partial charge in [-0.3, -0.25) is 14.9 Å². The number of rotatable bonds is 4. The highest BCUT2D eigenvalue weighted by molar-refractivity contribution is 14.1. The molecule has 0 N–H and O–H groups in total. The number of hydrogen-bond donors (Lipinski definition) is 0. The lowest BCUT2D eigenvalue weighted by atomic mass is 10.0. The number of nitrogens with zero attached hydrogens (tertiary/aromatic N) is 2. The van der Waals surface area contributed by atoms with Crippen LogP contribution in [-0.2, 0) is 0 Å². The number of non-ortho nitro benzene ring substituents is 1. The number of amides is 1. The van der Waals surface area contributed by atoms with E-state index in [1.54, 1.807) is 11.0 Å². The van der Waals surface area contributed by atoms with Crippen LogP contribution in [0, 0.1) is 27.5 Å². The molecule has 1 aliphatic rings. The van der Waals surface area contributed by atoms with Crippen molar-refractivity contribution < 1.29 is 14.5 Å². The Morgan fingerprint density at radius 2 is 1.81 bits per heavy atom. The van der Waals surface area contributed by atoms with Gasteiger partial charge in [0, 0.05) is 41.6 Å². The molecule has 6 nitrogen and oxygen atoms in total. The second-order valence-electron chi connectivity index (χ2n) is 6.75. The Hall–Kier alpha value is -2.16. The second-order valence-corrected chi connectivity index (χ2v) is 7.91. The number of likely N-dealkylation sites (tertiary alicyclic amines) is 1. The van der Waals surface area contributed by atoms with Gasteiger partial charge >= 0.3 is 0 Å². The summed E-state index contributed by atoms with van der Waals surface area (Å²) >= 11 is 2.04. The highest BCUT2D eigenvalue weighted by Crippen LogP contribution is 2.27. The van der Waals surface area contributed by atoms with E-state index in [9.17, 15) is 14.9 Å². The lowest BCUT2D eigenvalue weighted by Gasteiger charge is -2.33. The molecular formula is C20H21IN2O4. The normalized spacial score (nSPS) is 14.9. The number of ether oxygens (including phenoxy) is 1. The Morgan fingerprint density at radius 1 is 1.19 bits per heavy atom. The molecule has 7 heteroatoms. The Kier molecular flexibility index (Phi) is 5.98. The third kappa shape index (κ3) is 4.40. The van der Waals surface area contributed by atoms with Crippen molar-refractivity contribution in [3.63, 3.8) is 0 Å². The van der Waals surface area contributed by atoms with Gasteiger partial charge in [-0.1, -0.05) is 18.2 Å². The maximum absolute atomic E-state index is 12.8. The first kappa shape index (κ1) is 19.6. The summed E-state index contributed by atoms with van der Waals surface area (Å²) in [5.74, 6) is 0.768. The zero-order valence-electron chi connectivity index (χ0n) is 15.3. The number of nitro groups is 1. The van der Waals surface area contributed by atoms with E-state index < -0.39 is 4.92 Å². The highest BCUT2D eigenvalue weighted by atomic mass is 127. The summed E-state index contributed by atoms with van der Waals surface area (Å²) in [4.78, 5) is 25.1. The molecule has 0 bridgehead atoms. The first-order valence-corrected chi connectivity index (χ1v) is 9.91. The number of carbonyl (C=O) groups is 1. The van der Waals surface area contributed by atoms with Gasteiger partial charge < -0.3 is 9.64 Å². The Bertz CT molecular complexity index is 856. The molecule has 1 aliphatic heterocycles. The van der Waals surface area contributed by atoms with E-state index in [-0.39, 0.29) is 17.7 Å². The third-order valence-electron chi connectivity index (χ3n) is 4.81. The van der Waals surface area contributed by atoms with Crippen LogP contribution in [0.1, 0.15) is 34.3 Å². The predicted octanol–water partition coefficient (Wildman–Crippen LogP) is 4.50. The predicted molar refractivity (Wildman–Crippen MR) is 111 cm³/mol. The maximum atomic E-state index is 12.8. The molecule has 0 aliphatic carbocycles. The minimum Gasteiger partial charge on any atom is -0.490 e. The van der Waals surface area contributed by atoms with Crippen molar-refractivity contribution in [1.82, 2.24) is 4.90 Å². The average Bonchev–Trinajstić information content (AvgIpc) is 2.65. The van der Waals surface area contributed by atoms with Crippen LogP contribution >= 0.6 is 22.6 Å². The van der Waals surface area contributed by atoms with Crippen LogP contribution in [0.25, 0.3) is 0 Å². The lowest BCUT2D eigenvalue weighted by molar-refractivity contribution is -0.384. The zero-order chi connectivity index (χ0) is 19.6. The first-order valence-electron chi connectivity index (χ1n) is 8.83. The summed E-state index contributed by atoms with van der Waals surface area (Å²) < 4.78 is 6.92. The number of aryl methyl sites for hydroxylation is 2. The van der Waals surface area contributed by atoms with Gasteiger partial charge in [-0.25, -0.2) is 0 Å². The fourth-order valence-corrected chi connectivity index (χ4v) is 3.86. The van der Waals surface area contributed by atoms with Gasteiger partial charge in [0.2, 0.25) is 0 Å². The van der Waals surface area contributed by atoms with Crippen LogP contribution in [0.15, 0.2) is 36.4 Å². The fourth-order valence-electron chi connectivity index (χ4n) is 3.29. The summed E-state index contributed by atoms with van der Waals surface area (Å²) in [6.45, 7) is 5.22. The maximum Gasteiger partial charge on any atom is 0.270 e. The molecule has 0 saturated carbocycles. The minimum atomic E-state index is -0.475. The summed E-state index contributed by atoms with van der Waals surface area (Å²) in [6, 6.07) is 10.5. The van der Waals surface area contributed by atoms with Crippen LogP contribution in [0.5, 0.6) is 5.75 Å². The van der Waals surface area contributed by atoms with Gasteiger partial charge in [0.05, 0.1) is 10.5 Å². The summed E-state index contributed by atoms with van der Waals surface area (Å²) in [6.07, 6.45) is 1.55. The molecule has 3 rings (SSSR count). The van der Waals surface area contributed by atoms with Gasteiger partial charge in [-0.2, -0.15) is 0 Å². The molecule has 2 aromatic rings. The summed E-state index contributed by atoms with van der Waals surface area (Å²) in [5.41, 5.74) is 2.55. The second kappa shape index (κ2) is 8.24. The molecule has 0 aromatic heterocycles. The van der Waals surface area contributed by atoms with E-state index in [1.807, 2.05) is 54.6 Å². The zero-order valence-corrected chi connectivity index (χ0v) is 17.4. The summed E-state index contributed by atoms with van der Waals surface area (Å²) in [7, 11) is 0. The van der Waals surface area contributed by atoms with Crippen LogP contribution in [0.4, 0.5) is 5.69 Å². The van der Waals surface area contributed by atoms with Crippen molar-refractivity contribution in [3.05, 3.63) is 66.8 Å². The Balaban J connectivity index is 1.66. The van der Waals surface area contributed by atoms with Crippen LogP contribution < -0.4 is 4.74 Å². The molecule has 27 heavy (non-hydrogen) atoms. The molecule has 0 spiro atoms. The molecule has 0 radical (unpaired) electrons. The SMILES string of the molecule is Cc1cccc(C)c1OC1CCN(C(=O)c2cc([N+](=O)[O-])ccc2I)CC1. The molecule has 1 saturated heterocycles. The highest BCUT2D eigenvalue weighted by Gasteiger charge is 2.27. The smallest absolute Gasteiger partial charge is 0.270 e. The van der Waals surface area contributed by atoms with E-state index in [4.69, 9.17) is 4.74 Å². The van der Waals surface area contributed by atoms with E-state index in [0.29, 0.717) is 18.7 Å². The van der Waals surface area contributed by atoms with Gasteiger partial charge in [0.25, 0.3) is 11.6 Å². The van der Waals surface area contributed by atoms with Crippen LogP contribution in [0.2, 0.25) is 0 Å². The van der Waals surface area contributed by atoms with Crippen molar-refractivity contribution in [2.24, 2.45) is 0 Å². The van der Waals surface area contributed by atoms with Gasteiger partial charge in [0.15, 0.2) is 0 Å². The Labute approximate surface area is 171 Å². The molecule has 142 valence electrons. The molecule has 1 amide bonds. The monoisotopic (exact) mass is 480 g/mol. The van der Waals surface area contributed by atoms with Crippen molar-refractivity contribution in [2.75, 3.05) is 13.1 Å². The number of benzene rings is 2. The quantitative estimate of drug-likeness (QED) is 0.367. The van der Waals surface area contributed by atoms with Crippen LogP contribution in [0.3, 0.4) is 0 Å². The summed E-state index contributed by atoms with van der Waals surface area (Å²) in [5, 5.41) is 11.0. The van der Waals surface area contributed by atoms with Crippen molar-refractivity contribution in [1.29, 1.82) is 0 Å². The lowest BCUT2D eigenvalue weighted by Crippen LogP contribution is -2.42. The number of carbonyl (C=O) groups excluding carboxylic acids is 1. The number of para-hydroxylation sites is 1. The van der Waals surface area contributed by atoms with E-state index in [0.717, 1.165) is 33.3 Å². The van der Waals surface area contributed by atoms with Crippen molar-refractivity contribution >= 4 is 34.2 Å². The van der Waals surface area contributed by atoms with E-state index in [1.165, 1.54) is 12.1 Å². The number of hydrogen-bond acceptors (Lipinski definition) is 4. The van der Waals surface area contributed by atoms with Crippen molar-refractivity contribution in [2.45, 2.75) is 32.8 Å². The molecule has 1 heterocycles. The van der Waals surface area contributed by atoms with Crippen LogP contribution in [-0.4, -0.2) is 34.9 Å². The molecular weight excluding hydrogens is 459 g/mol. The topological polar surface area (TPSA) is 72.7 Å². The molecule has 2 aromatic carbocycles. The molecule has 0 unspecified atom stereocenters. The largest absolute Gasteiger partial charge is 0.490 e. The first-order chi connectivity index (χ1) is 12.9. The number of nitro benzene ring substituents is 1. The van der Waals surface area contributed by atoms with E-state index in [2.05, 4.69) is 0 Å². The number of halogens is 1. The van der Waals surface area contributed by atoms with Crippen molar-refractivity contribution in [3.8, 4) is 5.75 Å². The third-order valence-corrected chi connectivity index (χ3v) is 5.75. The van der Waals surface area contributed by atoms with Gasteiger partial charge in [-0.15, -0.1) is 0 Å². The minimum absolute atomic E-state index is 0.0630. The standard InChI is InChI=1S/C20H21IN2O4/c1-13-4-3-5-14(2)19(13)27-16-8-10-22(11-9-16)20(24)17-12-15(23(25)26)6-7-18(17)21/h3-7,12,16H,8-11H2,1-2H3. The average molecular weight is 480 g/mol. The number of piperidine rings is 1. The fraction of sp³-hybridized carbons (Fsp3) is 0.350. The Morgan fingerprint density at radius 3 is 2.41 bits per heavy atom.